The maximum absolute atomic E-state index is 13.1. The topological polar surface area (TPSA) is 78.2 Å². The van der Waals surface area contributed by atoms with Crippen molar-refractivity contribution in [3.05, 3.63) is 42.2 Å². The Bertz CT molecular complexity index is 1120. The first-order valence-corrected chi connectivity index (χ1v) is 12.6. The lowest BCUT2D eigenvalue weighted by Gasteiger charge is -2.27. The zero-order valence-corrected chi connectivity index (χ0v) is 20.1. The average Bonchev–Trinajstić information content (AvgIpc) is 3.24. The van der Waals surface area contributed by atoms with E-state index in [9.17, 15) is 13.9 Å². The van der Waals surface area contributed by atoms with Crippen LogP contribution in [0, 0.1) is 0 Å². The molecule has 3 N–H and O–H groups in total. The summed E-state index contributed by atoms with van der Waals surface area (Å²) in [6.45, 7) is 6.54. The van der Waals surface area contributed by atoms with Crippen molar-refractivity contribution in [1.82, 2.24) is 24.8 Å². The highest BCUT2D eigenvalue weighted by Gasteiger charge is 2.25. The fourth-order valence-electron chi connectivity index (χ4n) is 5.13. The fraction of sp³-hybridized carbons (Fsp3) is 0.538. The predicted molar refractivity (Wildman–Crippen MR) is 134 cm³/mol. The monoisotopic (exact) mass is 484 g/mol. The molecular weight excluding hydrogens is 450 g/mol. The Morgan fingerprint density at radius 2 is 1.83 bits per heavy atom. The van der Waals surface area contributed by atoms with Crippen LogP contribution in [0.1, 0.15) is 44.2 Å². The van der Waals surface area contributed by atoms with Gasteiger partial charge in [0, 0.05) is 62.1 Å². The first-order chi connectivity index (χ1) is 17.0. The van der Waals surface area contributed by atoms with Crippen LogP contribution in [0.4, 0.5) is 14.7 Å². The number of halogens is 2. The summed E-state index contributed by atoms with van der Waals surface area (Å²) in [4.78, 5) is 11.5. The lowest BCUT2D eigenvalue weighted by atomic mass is 9.93. The maximum atomic E-state index is 13.1. The van der Waals surface area contributed by atoms with Gasteiger partial charge in [0.15, 0.2) is 0 Å². The van der Waals surface area contributed by atoms with Gasteiger partial charge in [-0.1, -0.05) is 24.3 Å². The lowest BCUT2D eigenvalue weighted by molar-refractivity contribution is 0.111. The molecule has 5 rings (SSSR count). The van der Waals surface area contributed by atoms with Crippen molar-refractivity contribution in [2.75, 3.05) is 31.5 Å². The molecule has 35 heavy (non-hydrogen) atoms. The van der Waals surface area contributed by atoms with Crippen molar-refractivity contribution < 1.29 is 13.9 Å². The van der Waals surface area contributed by atoms with Gasteiger partial charge in [-0.3, -0.25) is 4.90 Å². The first kappa shape index (κ1) is 24.1. The van der Waals surface area contributed by atoms with Gasteiger partial charge >= 0.3 is 0 Å². The smallest absolute Gasteiger partial charge is 0.258 e. The Balaban J connectivity index is 1.46. The van der Waals surface area contributed by atoms with Crippen LogP contribution in [-0.4, -0.2) is 69.3 Å². The predicted octanol–water partition coefficient (Wildman–Crippen LogP) is 4.05. The third kappa shape index (κ3) is 5.47. The van der Waals surface area contributed by atoms with Gasteiger partial charge in [-0.05, 0) is 43.7 Å². The Labute approximate surface area is 204 Å². The molecule has 3 heterocycles. The number of aromatic nitrogens is 3. The SMILES string of the molecule is C[C@@H](Nc1ncc2c(-c3ccc(CN4CCNCC4)cc3)cn([C@H]3CC[C@H](O)CC3)c2n1)C(F)F. The highest BCUT2D eigenvalue weighted by atomic mass is 19.3. The van der Waals surface area contributed by atoms with Gasteiger partial charge in [0.2, 0.25) is 5.95 Å². The summed E-state index contributed by atoms with van der Waals surface area (Å²) in [6.07, 6.45) is 4.31. The number of anilines is 1. The number of nitrogens with one attached hydrogen (secondary N) is 2. The molecule has 1 aliphatic carbocycles. The highest BCUT2D eigenvalue weighted by molar-refractivity contribution is 5.94. The maximum Gasteiger partial charge on any atom is 0.258 e. The van der Waals surface area contributed by atoms with Gasteiger partial charge in [0.25, 0.3) is 6.43 Å². The summed E-state index contributed by atoms with van der Waals surface area (Å²) in [5, 5.41) is 17.0. The van der Waals surface area contributed by atoms with Crippen LogP contribution in [-0.2, 0) is 6.54 Å². The molecule has 0 spiro atoms. The fourth-order valence-corrected chi connectivity index (χ4v) is 5.13. The van der Waals surface area contributed by atoms with E-state index < -0.39 is 12.5 Å². The Morgan fingerprint density at radius 1 is 1.11 bits per heavy atom. The molecule has 2 aromatic heterocycles. The minimum atomic E-state index is -2.50. The molecule has 1 aliphatic heterocycles. The number of benzene rings is 1. The Hall–Kier alpha value is -2.62. The summed E-state index contributed by atoms with van der Waals surface area (Å²) in [7, 11) is 0. The number of alkyl halides is 2. The summed E-state index contributed by atoms with van der Waals surface area (Å²) < 4.78 is 28.3. The van der Waals surface area contributed by atoms with E-state index in [-0.39, 0.29) is 18.1 Å². The molecule has 7 nitrogen and oxygen atoms in total. The molecule has 2 aliphatic rings. The summed E-state index contributed by atoms with van der Waals surface area (Å²) in [6, 6.07) is 7.82. The number of aliphatic hydroxyl groups excluding tert-OH is 1. The van der Waals surface area contributed by atoms with E-state index in [0.29, 0.717) is 0 Å². The summed E-state index contributed by atoms with van der Waals surface area (Å²) in [5.74, 6) is 0.207. The number of fused-ring (bicyclic) bond motifs is 1. The van der Waals surface area contributed by atoms with Crippen molar-refractivity contribution >= 4 is 17.0 Å². The number of piperazine rings is 1. The molecule has 0 amide bonds. The Morgan fingerprint density at radius 3 is 2.51 bits per heavy atom. The second-order valence-electron chi connectivity index (χ2n) is 9.83. The number of rotatable bonds is 7. The molecule has 0 radical (unpaired) electrons. The van der Waals surface area contributed by atoms with Crippen LogP contribution < -0.4 is 10.6 Å². The standard InChI is InChI=1S/C26H34F2N6O/c1-17(24(27)28)31-26-30-14-22-23(16-34(25(22)32-26)20-6-8-21(35)9-7-20)19-4-2-18(3-5-19)15-33-12-10-29-11-13-33/h2-5,14,16-17,20-21,24,29,35H,6-13,15H2,1H3,(H,30,31,32)/t17-,20-,21-/m1/s1. The molecule has 1 atom stereocenters. The van der Waals surface area contributed by atoms with Crippen LogP contribution in [0.5, 0.6) is 0 Å². The molecule has 2 fully saturated rings. The molecule has 1 saturated carbocycles. The summed E-state index contributed by atoms with van der Waals surface area (Å²) >= 11 is 0. The molecule has 1 aromatic carbocycles. The third-order valence-electron chi connectivity index (χ3n) is 7.25. The molecule has 9 heteroatoms. The second-order valence-corrected chi connectivity index (χ2v) is 9.83. The molecule has 188 valence electrons. The molecule has 1 saturated heterocycles. The molecule has 3 aromatic rings. The quantitative estimate of drug-likeness (QED) is 0.470. The van der Waals surface area contributed by atoms with E-state index in [1.54, 1.807) is 6.20 Å². The summed E-state index contributed by atoms with van der Waals surface area (Å²) in [5.41, 5.74) is 4.14. The number of aliphatic hydroxyl groups is 1. The lowest BCUT2D eigenvalue weighted by Crippen LogP contribution is -2.42. The minimum absolute atomic E-state index is 0.205. The Kier molecular flexibility index (Phi) is 7.27. The van der Waals surface area contributed by atoms with E-state index in [2.05, 4.69) is 60.5 Å². The molecule has 0 unspecified atom stereocenters. The van der Waals surface area contributed by atoms with Crippen LogP contribution in [0.15, 0.2) is 36.7 Å². The molecule has 0 bridgehead atoms. The van der Waals surface area contributed by atoms with E-state index in [4.69, 9.17) is 0 Å². The number of nitrogens with zero attached hydrogens (tertiary/aromatic N) is 4. The van der Waals surface area contributed by atoms with Crippen LogP contribution in [0.3, 0.4) is 0 Å². The van der Waals surface area contributed by atoms with E-state index >= 15 is 0 Å². The normalized spacial score (nSPS) is 22.5. The van der Waals surface area contributed by atoms with E-state index in [1.165, 1.54) is 12.5 Å². The van der Waals surface area contributed by atoms with Gasteiger partial charge in [-0.2, -0.15) is 4.98 Å². The van der Waals surface area contributed by atoms with Crippen molar-refractivity contribution in [3.63, 3.8) is 0 Å². The minimum Gasteiger partial charge on any atom is -0.393 e. The van der Waals surface area contributed by atoms with Crippen molar-refractivity contribution in [2.24, 2.45) is 0 Å². The van der Waals surface area contributed by atoms with Crippen molar-refractivity contribution in [2.45, 2.75) is 63.8 Å². The zero-order valence-electron chi connectivity index (χ0n) is 20.1. The van der Waals surface area contributed by atoms with Crippen LogP contribution >= 0.6 is 0 Å². The third-order valence-corrected chi connectivity index (χ3v) is 7.25. The van der Waals surface area contributed by atoms with Gasteiger partial charge in [0.1, 0.15) is 5.65 Å². The second kappa shape index (κ2) is 10.6. The first-order valence-electron chi connectivity index (χ1n) is 12.6. The highest BCUT2D eigenvalue weighted by Crippen LogP contribution is 2.37. The van der Waals surface area contributed by atoms with Crippen LogP contribution in [0.25, 0.3) is 22.2 Å². The molecular formula is C26H34F2N6O. The van der Waals surface area contributed by atoms with Gasteiger partial charge < -0.3 is 20.3 Å². The van der Waals surface area contributed by atoms with Crippen LogP contribution in [0.2, 0.25) is 0 Å². The number of hydrogen-bond acceptors (Lipinski definition) is 6. The van der Waals surface area contributed by atoms with Crippen molar-refractivity contribution in [3.8, 4) is 11.1 Å². The zero-order chi connectivity index (χ0) is 24.4. The van der Waals surface area contributed by atoms with Gasteiger partial charge in [0.05, 0.1) is 12.1 Å². The van der Waals surface area contributed by atoms with Gasteiger partial charge in [-0.25, -0.2) is 13.8 Å². The van der Waals surface area contributed by atoms with Gasteiger partial charge in [-0.15, -0.1) is 0 Å². The van der Waals surface area contributed by atoms with Crippen molar-refractivity contribution in [1.29, 1.82) is 0 Å². The van der Waals surface area contributed by atoms with E-state index in [0.717, 1.165) is 80.6 Å². The largest absolute Gasteiger partial charge is 0.393 e. The number of hydrogen-bond donors (Lipinski definition) is 3. The van der Waals surface area contributed by atoms with E-state index in [1.807, 2.05) is 0 Å². The average molecular weight is 485 g/mol.